The molecule has 0 saturated carbocycles. The lowest BCUT2D eigenvalue weighted by Gasteiger charge is -2.11. The number of ether oxygens (including phenoxy) is 2. The van der Waals surface area contributed by atoms with Gasteiger partial charge in [0.1, 0.15) is 12.3 Å². The Bertz CT molecular complexity index is 806. The number of methoxy groups -OCH3 is 1. The van der Waals surface area contributed by atoms with E-state index in [0.717, 1.165) is 11.3 Å². The number of non-ortho nitro benzene ring substituents is 1. The zero-order chi connectivity index (χ0) is 20.0. The maximum absolute atomic E-state index is 12.4. The average molecular weight is 394 g/mol. The minimum absolute atomic E-state index is 0.0418. The number of rotatable bonds is 8. The highest BCUT2D eigenvalue weighted by Gasteiger charge is 2.37. The van der Waals surface area contributed by atoms with Gasteiger partial charge in [-0.1, -0.05) is 13.3 Å². The van der Waals surface area contributed by atoms with Crippen molar-refractivity contribution in [2.45, 2.75) is 19.8 Å². The molecule has 10 heteroatoms. The van der Waals surface area contributed by atoms with E-state index in [-0.39, 0.29) is 22.8 Å². The van der Waals surface area contributed by atoms with Crippen molar-refractivity contribution in [2.24, 2.45) is 0 Å². The largest absolute Gasteiger partial charge is 0.496 e. The van der Waals surface area contributed by atoms with Gasteiger partial charge in [0.15, 0.2) is 0 Å². The van der Waals surface area contributed by atoms with Gasteiger partial charge in [0, 0.05) is 17.7 Å². The lowest BCUT2D eigenvalue weighted by Crippen LogP contribution is -2.34. The Hall–Kier alpha value is -2.88. The van der Waals surface area contributed by atoms with Crippen LogP contribution in [0.3, 0.4) is 0 Å². The molecule has 144 valence electrons. The van der Waals surface area contributed by atoms with Crippen molar-refractivity contribution in [1.82, 2.24) is 4.90 Å². The molecule has 1 saturated heterocycles. The molecule has 1 fully saturated rings. The van der Waals surface area contributed by atoms with E-state index in [0.29, 0.717) is 23.9 Å². The summed E-state index contributed by atoms with van der Waals surface area (Å²) in [5.74, 6) is -1.02. The fourth-order valence-electron chi connectivity index (χ4n) is 2.23. The van der Waals surface area contributed by atoms with Gasteiger partial charge >= 0.3 is 5.97 Å². The van der Waals surface area contributed by atoms with Crippen LogP contribution in [0, 0.1) is 10.1 Å². The number of carbonyl (C=O) groups is 3. The average Bonchev–Trinajstić information content (AvgIpc) is 2.89. The monoisotopic (exact) mass is 394 g/mol. The predicted octanol–water partition coefficient (Wildman–Crippen LogP) is 2.98. The Morgan fingerprint density at radius 2 is 2.11 bits per heavy atom. The molecular formula is C17H18N2O7S. The Morgan fingerprint density at radius 3 is 2.74 bits per heavy atom. The highest BCUT2D eigenvalue weighted by atomic mass is 32.2. The van der Waals surface area contributed by atoms with Crippen LogP contribution in [0.1, 0.15) is 25.3 Å². The first kappa shape index (κ1) is 20.4. The molecule has 2 rings (SSSR count). The summed E-state index contributed by atoms with van der Waals surface area (Å²) in [5, 5.41) is 10.3. The maximum atomic E-state index is 12.4. The van der Waals surface area contributed by atoms with Crippen LogP contribution in [0.25, 0.3) is 6.08 Å². The second-order valence-electron chi connectivity index (χ2n) is 5.53. The van der Waals surface area contributed by atoms with Gasteiger partial charge in [-0.05, 0) is 30.3 Å². The number of hydrogen-bond acceptors (Lipinski definition) is 8. The van der Waals surface area contributed by atoms with Crippen LogP contribution < -0.4 is 4.74 Å². The summed E-state index contributed by atoms with van der Waals surface area (Å²) < 4.78 is 10.1. The lowest BCUT2D eigenvalue weighted by molar-refractivity contribution is -0.384. The number of nitro benzene ring substituents is 1. The minimum atomic E-state index is -0.667. The predicted molar refractivity (Wildman–Crippen MR) is 98.2 cm³/mol. The van der Waals surface area contributed by atoms with E-state index in [4.69, 9.17) is 9.47 Å². The first-order valence-corrected chi connectivity index (χ1v) is 8.92. The van der Waals surface area contributed by atoms with Crippen molar-refractivity contribution in [2.75, 3.05) is 20.3 Å². The second-order valence-corrected chi connectivity index (χ2v) is 6.52. The fraction of sp³-hybridized carbons (Fsp3) is 0.353. The first-order valence-electron chi connectivity index (χ1n) is 8.10. The number of unbranched alkanes of at least 4 members (excludes halogenated alkanes) is 1. The van der Waals surface area contributed by atoms with Gasteiger partial charge in [0.25, 0.3) is 16.8 Å². The van der Waals surface area contributed by atoms with Crippen molar-refractivity contribution in [3.8, 4) is 5.75 Å². The van der Waals surface area contributed by atoms with Crippen LogP contribution in [0.4, 0.5) is 10.5 Å². The van der Waals surface area contributed by atoms with Crippen molar-refractivity contribution >= 4 is 40.6 Å². The van der Waals surface area contributed by atoms with Crippen LogP contribution >= 0.6 is 11.8 Å². The summed E-state index contributed by atoms with van der Waals surface area (Å²) in [5.41, 5.74) is 0.100. The number of carbonyl (C=O) groups excluding carboxylic acids is 3. The van der Waals surface area contributed by atoms with Crippen molar-refractivity contribution in [3.63, 3.8) is 0 Å². The number of benzene rings is 1. The molecule has 0 aliphatic carbocycles. The molecule has 0 atom stereocenters. The highest BCUT2D eigenvalue weighted by molar-refractivity contribution is 8.18. The standard InChI is InChI=1S/C17H18N2O7S/c1-3-4-7-26-15(20)10-18-16(21)14(27-17(18)22)9-11-8-12(19(23)24)5-6-13(11)25-2/h5-6,8-9H,3-4,7,10H2,1-2H3/b14-9+. The SMILES string of the molecule is CCCCOC(=O)CN1C(=O)S/C(=C/c2cc([N+](=O)[O-])ccc2OC)C1=O. The Morgan fingerprint density at radius 1 is 1.37 bits per heavy atom. The quantitative estimate of drug-likeness (QED) is 0.217. The molecule has 0 bridgehead atoms. The number of amides is 2. The third kappa shape index (κ3) is 5.07. The van der Waals surface area contributed by atoms with E-state index in [9.17, 15) is 24.5 Å². The van der Waals surface area contributed by atoms with Crippen molar-refractivity contribution in [3.05, 3.63) is 38.8 Å². The molecule has 0 spiro atoms. The van der Waals surface area contributed by atoms with E-state index in [1.807, 2.05) is 6.92 Å². The summed E-state index contributed by atoms with van der Waals surface area (Å²) in [6, 6.07) is 3.92. The van der Waals surface area contributed by atoms with Crippen molar-refractivity contribution < 1.29 is 28.8 Å². The minimum Gasteiger partial charge on any atom is -0.496 e. The van der Waals surface area contributed by atoms with Gasteiger partial charge in [-0.15, -0.1) is 0 Å². The van der Waals surface area contributed by atoms with Crippen LogP contribution in [-0.4, -0.2) is 47.2 Å². The van der Waals surface area contributed by atoms with Crippen LogP contribution in [-0.2, 0) is 14.3 Å². The van der Waals surface area contributed by atoms with Crippen molar-refractivity contribution in [1.29, 1.82) is 0 Å². The normalized spacial score (nSPS) is 15.3. The third-order valence-corrected chi connectivity index (χ3v) is 4.54. The van der Waals surface area contributed by atoms with E-state index >= 15 is 0 Å². The molecule has 2 amide bonds. The number of imide groups is 1. The fourth-order valence-corrected chi connectivity index (χ4v) is 3.06. The Balaban J connectivity index is 2.19. The van der Waals surface area contributed by atoms with E-state index < -0.39 is 28.6 Å². The van der Waals surface area contributed by atoms with E-state index in [2.05, 4.69) is 0 Å². The molecule has 1 aliphatic rings. The molecule has 1 aromatic rings. The summed E-state index contributed by atoms with van der Waals surface area (Å²) in [7, 11) is 1.39. The van der Waals surface area contributed by atoms with Crippen LogP contribution in [0.5, 0.6) is 5.75 Å². The summed E-state index contributed by atoms with van der Waals surface area (Å²) in [4.78, 5) is 47.5. The number of nitro groups is 1. The third-order valence-electron chi connectivity index (χ3n) is 3.63. The summed E-state index contributed by atoms with van der Waals surface area (Å²) in [6.45, 7) is 1.70. The number of thioether (sulfide) groups is 1. The number of hydrogen-bond donors (Lipinski definition) is 0. The summed E-state index contributed by atoms with van der Waals surface area (Å²) >= 11 is 0.646. The Labute approximate surface area is 159 Å². The molecule has 9 nitrogen and oxygen atoms in total. The molecule has 1 heterocycles. The smallest absolute Gasteiger partial charge is 0.326 e. The topological polar surface area (TPSA) is 116 Å². The molecule has 0 aromatic heterocycles. The van der Waals surface area contributed by atoms with Crippen LogP contribution in [0.2, 0.25) is 0 Å². The van der Waals surface area contributed by atoms with Gasteiger partial charge in [-0.2, -0.15) is 0 Å². The number of esters is 1. The van der Waals surface area contributed by atoms with Gasteiger partial charge in [0.05, 0.1) is 23.5 Å². The molecule has 27 heavy (non-hydrogen) atoms. The second kappa shape index (κ2) is 9.17. The van der Waals surface area contributed by atoms with Gasteiger partial charge in [0.2, 0.25) is 0 Å². The summed E-state index contributed by atoms with van der Waals surface area (Å²) in [6.07, 6.45) is 2.88. The molecular weight excluding hydrogens is 376 g/mol. The molecule has 1 aliphatic heterocycles. The van der Waals surface area contributed by atoms with Gasteiger partial charge < -0.3 is 9.47 Å². The molecule has 1 aromatic carbocycles. The highest BCUT2D eigenvalue weighted by Crippen LogP contribution is 2.35. The molecule has 0 unspecified atom stereocenters. The zero-order valence-electron chi connectivity index (χ0n) is 14.8. The van der Waals surface area contributed by atoms with E-state index in [1.54, 1.807) is 0 Å². The molecule has 0 radical (unpaired) electrons. The lowest BCUT2D eigenvalue weighted by atomic mass is 10.1. The van der Waals surface area contributed by atoms with Gasteiger partial charge in [-0.3, -0.25) is 29.4 Å². The van der Waals surface area contributed by atoms with Gasteiger partial charge in [-0.25, -0.2) is 0 Å². The first-order chi connectivity index (χ1) is 12.9. The Kier molecular flexibility index (Phi) is 6.94. The maximum Gasteiger partial charge on any atom is 0.326 e. The van der Waals surface area contributed by atoms with E-state index in [1.165, 1.54) is 31.4 Å². The molecule has 0 N–H and O–H groups in total. The van der Waals surface area contributed by atoms with Crippen LogP contribution in [0.15, 0.2) is 23.1 Å². The zero-order valence-corrected chi connectivity index (χ0v) is 15.6. The number of nitrogens with zero attached hydrogens (tertiary/aromatic N) is 2.